The number of anilines is 1. The molecule has 1 amide bonds. The third-order valence-electron chi connectivity index (χ3n) is 4.67. The molecule has 1 saturated carbocycles. The number of aromatic nitrogens is 2. The van der Waals surface area contributed by atoms with Crippen molar-refractivity contribution in [3.05, 3.63) is 41.7 Å². The van der Waals surface area contributed by atoms with E-state index in [-0.39, 0.29) is 5.91 Å². The fourth-order valence-corrected chi connectivity index (χ4v) is 3.23. The van der Waals surface area contributed by atoms with Gasteiger partial charge < -0.3 is 11.1 Å². The van der Waals surface area contributed by atoms with Crippen LogP contribution in [0.5, 0.6) is 0 Å². The molecule has 2 aromatic rings. The Balaban J connectivity index is 1.68. The Bertz CT molecular complexity index is 669. The zero-order valence-corrected chi connectivity index (χ0v) is 13.6. The molecule has 0 saturated heterocycles. The summed E-state index contributed by atoms with van der Waals surface area (Å²) in [6.07, 6.45) is 8.00. The number of rotatable bonds is 4. The van der Waals surface area contributed by atoms with Gasteiger partial charge >= 0.3 is 0 Å². The second kappa shape index (κ2) is 6.86. The summed E-state index contributed by atoms with van der Waals surface area (Å²) in [6.45, 7) is 2.68. The van der Waals surface area contributed by atoms with Crippen LogP contribution in [0, 0.1) is 12.8 Å². The number of benzene rings is 1. The van der Waals surface area contributed by atoms with Crippen LogP contribution in [0.4, 0.5) is 5.69 Å². The van der Waals surface area contributed by atoms with Crippen LogP contribution in [0.15, 0.2) is 30.5 Å². The zero-order chi connectivity index (χ0) is 16.2. The molecule has 0 unspecified atom stereocenters. The largest absolute Gasteiger partial charge is 0.399 e. The van der Waals surface area contributed by atoms with Crippen LogP contribution in [0.3, 0.4) is 0 Å². The first-order chi connectivity index (χ1) is 11.1. The van der Waals surface area contributed by atoms with Gasteiger partial charge in [-0.3, -0.25) is 4.79 Å². The van der Waals surface area contributed by atoms with Gasteiger partial charge in [0, 0.05) is 12.2 Å². The Morgan fingerprint density at radius 2 is 1.96 bits per heavy atom. The van der Waals surface area contributed by atoms with E-state index in [0.717, 1.165) is 17.9 Å². The van der Waals surface area contributed by atoms with E-state index in [2.05, 4.69) is 10.4 Å². The number of amides is 1. The molecular formula is C18H24N4O. The van der Waals surface area contributed by atoms with Crippen molar-refractivity contribution in [1.29, 1.82) is 0 Å². The summed E-state index contributed by atoms with van der Waals surface area (Å²) in [5.74, 6) is 0.593. The van der Waals surface area contributed by atoms with Gasteiger partial charge in [-0.25, -0.2) is 4.68 Å². The summed E-state index contributed by atoms with van der Waals surface area (Å²) in [4.78, 5) is 12.4. The molecule has 3 N–H and O–H groups in total. The lowest BCUT2D eigenvalue weighted by molar-refractivity contribution is 0.0943. The fourth-order valence-electron chi connectivity index (χ4n) is 3.23. The number of nitrogens with two attached hydrogens (primary N) is 1. The maximum absolute atomic E-state index is 12.4. The predicted molar refractivity (Wildman–Crippen MR) is 91.6 cm³/mol. The molecule has 1 heterocycles. The minimum Gasteiger partial charge on any atom is -0.399 e. The zero-order valence-electron chi connectivity index (χ0n) is 13.6. The van der Waals surface area contributed by atoms with Crippen molar-refractivity contribution in [2.45, 2.75) is 39.0 Å². The van der Waals surface area contributed by atoms with Crippen LogP contribution in [-0.4, -0.2) is 22.2 Å². The number of nitrogen functional groups attached to an aromatic ring is 1. The minimum atomic E-state index is -0.0326. The van der Waals surface area contributed by atoms with Crippen LogP contribution < -0.4 is 11.1 Å². The van der Waals surface area contributed by atoms with E-state index >= 15 is 0 Å². The normalized spacial score (nSPS) is 15.5. The van der Waals surface area contributed by atoms with Gasteiger partial charge in [-0.2, -0.15) is 5.10 Å². The van der Waals surface area contributed by atoms with E-state index in [1.165, 1.54) is 32.1 Å². The van der Waals surface area contributed by atoms with Crippen molar-refractivity contribution in [3.63, 3.8) is 0 Å². The molecule has 1 aliphatic rings. The van der Waals surface area contributed by atoms with Crippen LogP contribution >= 0.6 is 0 Å². The number of hydrogen-bond acceptors (Lipinski definition) is 3. The highest BCUT2D eigenvalue weighted by Crippen LogP contribution is 2.23. The number of nitrogens with zero attached hydrogens (tertiary/aromatic N) is 2. The van der Waals surface area contributed by atoms with Gasteiger partial charge in [0.25, 0.3) is 5.91 Å². The van der Waals surface area contributed by atoms with Crippen molar-refractivity contribution in [2.75, 3.05) is 12.3 Å². The number of hydrogen-bond donors (Lipinski definition) is 2. The van der Waals surface area contributed by atoms with Crippen LogP contribution in [0.25, 0.3) is 5.69 Å². The quantitative estimate of drug-likeness (QED) is 0.852. The highest BCUT2D eigenvalue weighted by atomic mass is 16.1. The first-order valence-electron chi connectivity index (χ1n) is 8.34. The molecule has 23 heavy (non-hydrogen) atoms. The summed E-state index contributed by atoms with van der Waals surface area (Å²) in [6, 6.07) is 7.47. The maximum Gasteiger partial charge on any atom is 0.254 e. The molecule has 3 rings (SSSR count). The second-order valence-electron chi connectivity index (χ2n) is 6.36. The Morgan fingerprint density at radius 3 is 2.65 bits per heavy atom. The van der Waals surface area contributed by atoms with E-state index in [1.807, 2.05) is 31.2 Å². The van der Waals surface area contributed by atoms with Gasteiger partial charge in [-0.15, -0.1) is 0 Å². The Labute approximate surface area is 136 Å². The van der Waals surface area contributed by atoms with Crippen molar-refractivity contribution in [3.8, 4) is 5.69 Å². The molecule has 5 nitrogen and oxygen atoms in total. The SMILES string of the molecule is Cc1c(C(=O)NCC2CCCCC2)cnn1-c1ccc(N)cc1. The summed E-state index contributed by atoms with van der Waals surface area (Å²) >= 11 is 0. The molecule has 122 valence electrons. The molecule has 1 aromatic heterocycles. The molecule has 0 spiro atoms. The standard InChI is InChI=1S/C18H24N4O/c1-13-17(18(23)20-11-14-5-3-2-4-6-14)12-21-22(13)16-9-7-15(19)8-10-16/h7-10,12,14H,2-6,11,19H2,1H3,(H,20,23). The number of carbonyl (C=O) groups is 1. The lowest BCUT2D eigenvalue weighted by Gasteiger charge is -2.21. The molecular weight excluding hydrogens is 288 g/mol. The second-order valence-corrected chi connectivity index (χ2v) is 6.36. The van der Waals surface area contributed by atoms with Gasteiger partial charge in [0.1, 0.15) is 0 Å². The summed E-state index contributed by atoms with van der Waals surface area (Å²) in [5.41, 5.74) is 8.81. The van der Waals surface area contributed by atoms with Crippen molar-refractivity contribution in [2.24, 2.45) is 5.92 Å². The molecule has 1 fully saturated rings. The first kappa shape index (κ1) is 15.6. The first-order valence-corrected chi connectivity index (χ1v) is 8.34. The van der Waals surface area contributed by atoms with Gasteiger partial charge in [-0.1, -0.05) is 19.3 Å². The van der Waals surface area contributed by atoms with E-state index in [1.54, 1.807) is 10.9 Å². The topological polar surface area (TPSA) is 72.9 Å². The predicted octanol–water partition coefficient (Wildman–Crippen LogP) is 3.07. The van der Waals surface area contributed by atoms with Crippen molar-refractivity contribution >= 4 is 11.6 Å². The Hall–Kier alpha value is -2.30. The lowest BCUT2D eigenvalue weighted by Crippen LogP contribution is -2.30. The molecule has 0 aliphatic heterocycles. The molecule has 1 aromatic carbocycles. The van der Waals surface area contributed by atoms with Gasteiger partial charge in [0.2, 0.25) is 0 Å². The van der Waals surface area contributed by atoms with Gasteiger partial charge in [-0.05, 0) is 49.9 Å². The van der Waals surface area contributed by atoms with Crippen LogP contribution in [-0.2, 0) is 0 Å². The lowest BCUT2D eigenvalue weighted by atomic mass is 9.89. The average molecular weight is 312 g/mol. The fraction of sp³-hybridized carbons (Fsp3) is 0.444. The summed E-state index contributed by atoms with van der Waals surface area (Å²) < 4.78 is 1.77. The molecule has 0 bridgehead atoms. The maximum atomic E-state index is 12.4. The minimum absolute atomic E-state index is 0.0326. The summed E-state index contributed by atoms with van der Waals surface area (Å²) in [5, 5.41) is 7.42. The summed E-state index contributed by atoms with van der Waals surface area (Å²) in [7, 11) is 0. The van der Waals surface area contributed by atoms with E-state index in [9.17, 15) is 4.79 Å². The Morgan fingerprint density at radius 1 is 1.26 bits per heavy atom. The molecule has 0 atom stereocenters. The monoisotopic (exact) mass is 312 g/mol. The Kier molecular flexibility index (Phi) is 4.65. The molecule has 1 aliphatic carbocycles. The third kappa shape index (κ3) is 3.55. The number of carbonyl (C=O) groups excluding carboxylic acids is 1. The van der Waals surface area contributed by atoms with Crippen LogP contribution in [0.1, 0.15) is 48.2 Å². The smallest absolute Gasteiger partial charge is 0.254 e. The van der Waals surface area contributed by atoms with E-state index < -0.39 is 0 Å². The highest BCUT2D eigenvalue weighted by Gasteiger charge is 2.18. The van der Waals surface area contributed by atoms with E-state index in [0.29, 0.717) is 17.2 Å². The average Bonchev–Trinajstić information content (AvgIpc) is 2.96. The number of nitrogens with one attached hydrogen (secondary N) is 1. The van der Waals surface area contributed by atoms with Gasteiger partial charge in [0.15, 0.2) is 0 Å². The van der Waals surface area contributed by atoms with E-state index in [4.69, 9.17) is 5.73 Å². The highest BCUT2D eigenvalue weighted by molar-refractivity contribution is 5.95. The van der Waals surface area contributed by atoms with Crippen molar-refractivity contribution in [1.82, 2.24) is 15.1 Å². The van der Waals surface area contributed by atoms with Crippen molar-refractivity contribution < 1.29 is 4.79 Å². The van der Waals surface area contributed by atoms with Crippen LogP contribution in [0.2, 0.25) is 0 Å². The molecule has 5 heteroatoms. The van der Waals surface area contributed by atoms with Gasteiger partial charge in [0.05, 0.1) is 23.1 Å². The third-order valence-corrected chi connectivity index (χ3v) is 4.67. The molecule has 0 radical (unpaired) electrons.